The van der Waals surface area contributed by atoms with E-state index in [0.717, 1.165) is 17.7 Å². The number of amides is 1. The molecule has 2 aromatic rings. The first-order chi connectivity index (χ1) is 13.3. The van der Waals surface area contributed by atoms with Gasteiger partial charge in [-0.15, -0.1) is 0 Å². The molecule has 1 saturated heterocycles. The number of rotatable bonds is 5. The van der Waals surface area contributed by atoms with Crippen LogP contribution in [-0.2, 0) is 21.2 Å². The van der Waals surface area contributed by atoms with Crippen molar-refractivity contribution >= 4 is 44.8 Å². The molecule has 1 amide bonds. The number of sulfonamides is 1. The number of piperidine rings is 1. The van der Waals surface area contributed by atoms with Gasteiger partial charge in [0.05, 0.1) is 10.0 Å². The number of carbonyl (C=O) groups excluding carboxylic acids is 1. The van der Waals surface area contributed by atoms with Crippen LogP contribution in [0.4, 0.5) is 5.69 Å². The molecule has 0 radical (unpaired) electrons. The molecule has 1 aliphatic rings. The van der Waals surface area contributed by atoms with Gasteiger partial charge >= 0.3 is 0 Å². The van der Waals surface area contributed by atoms with E-state index in [1.54, 1.807) is 6.07 Å². The third kappa shape index (κ3) is 4.35. The minimum absolute atomic E-state index is 0.0712. The Hall–Kier alpha value is -1.60. The summed E-state index contributed by atoms with van der Waals surface area (Å²) in [6.45, 7) is 2.53. The van der Waals surface area contributed by atoms with Crippen molar-refractivity contribution in [1.29, 1.82) is 0 Å². The number of para-hydroxylation sites is 1. The predicted octanol–water partition coefficient (Wildman–Crippen LogP) is 4.60. The second kappa shape index (κ2) is 8.82. The summed E-state index contributed by atoms with van der Waals surface area (Å²) < 4.78 is 27.2. The highest BCUT2D eigenvalue weighted by Crippen LogP contribution is 2.33. The van der Waals surface area contributed by atoms with Crippen molar-refractivity contribution in [3.63, 3.8) is 0 Å². The maximum absolute atomic E-state index is 12.9. The van der Waals surface area contributed by atoms with Crippen LogP contribution in [-0.4, -0.2) is 31.7 Å². The van der Waals surface area contributed by atoms with Crippen molar-refractivity contribution in [3.8, 4) is 0 Å². The second-order valence-electron chi connectivity index (χ2n) is 6.73. The van der Waals surface area contributed by atoms with Crippen LogP contribution in [0.1, 0.15) is 25.3 Å². The van der Waals surface area contributed by atoms with Gasteiger partial charge in [0.25, 0.3) is 0 Å². The standard InChI is InChI=1S/C20H22Cl2N2O3S/c1-2-14-6-3-4-9-18(14)23-20(25)15-10-12-24(13-11-15)28(26,27)19-16(21)7-5-8-17(19)22/h3-9,15H,2,10-13H2,1H3,(H,23,25). The molecule has 0 aliphatic carbocycles. The monoisotopic (exact) mass is 440 g/mol. The van der Waals surface area contributed by atoms with Gasteiger partial charge in [0.1, 0.15) is 4.90 Å². The van der Waals surface area contributed by atoms with Crippen LogP contribution < -0.4 is 5.32 Å². The van der Waals surface area contributed by atoms with E-state index in [9.17, 15) is 13.2 Å². The molecule has 150 valence electrons. The number of hydrogen-bond acceptors (Lipinski definition) is 3. The number of carbonyl (C=O) groups is 1. The predicted molar refractivity (Wildman–Crippen MR) is 112 cm³/mol. The maximum Gasteiger partial charge on any atom is 0.246 e. The second-order valence-corrected chi connectivity index (χ2v) is 9.42. The fourth-order valence-corrected chi connectivity index (χ4v) is 5.96. The summed E-state index contributed by atoms with van der Waals surface area (Å²) in [5.41, 5.74) is 1.89. The van der Waals surface area contributed by atoms with Crippen molar-refractivity contribution < 1.29 is 13.2 Å². The number of benzene rings is 2. The summed E-state index contributed by atoms with van der Waals surface area (Å²) in [6, 6.07) is 12.3. The van der Waals surface area contributed by atoms with E-state index in [1.807, 2.05) is 31.2 Å². The summed E-state index contributed by atoms with van der Waals surface area (Å²) >= 11 is 12.2. The lowest BCUT2D eigenvalue weighted by Crippen LogP contribution is -2.41. The van der Waals surface area contributed by atoms with E-state index in [1.165, 1.54) is 16.4 Å². The lowest BCUT2D eigenvalue weighted by atomic mass is 9.97. The largest absolute Gasteiger partial charge is 0.326 e. The van der Waals surface area contributed by atoms with E-state index in [0.29, 0.717) is 12.8 Å². The number of anilines is 1. The van der Waals surface area contributed by atoms with Gasteiger partial charge in [0.2, 0.25) is 15.9 Å². The molecule has 8 heteroatoms. The average molecular weight is 441 g/mol. The molecule has 1 fully saturated rings. The number of nitrogens with zero attached hydrogens (tertiary/aromatic N) is 1. The topological polar surface area (TPSA) is 66.5 Å². The molecule has 0 bridgehead atoms. The van der Waals surface area contributed by atoms with Gasteiger partial charge in [-0.2, -0.15) is 4.31 Å². The Kier molecular flexibility index (Phi) is 6.65. The van der Waals surface area contributed by atoms with Crippen LogP contribution in [0.15, 0.2) is 47.4 Å². The summed E-state index contributed by atoms with van der Waals surface area (Å²) in [7, 11) is -3.80. The Morgan fingerprint density at radius 3 is 2.29 bits per heavy atom. The molecular formula is C20H22Cl2N2O3S. The number of nitrogens with one attached hydrogen (secondary N) is 1. The first kappa shape index (κ1) is 21.1. The highest BCUT2D eigenvalue weighted by molar-refractivity contribution is 7.89. The van der Waals surface area contributed by atoms with Gasteiger partial charge in [-0.05, 0) is 43.0 Å². The molecule has 28 heavy (non-hydrogen) atoms. The summed E-state index contributed by atoms with van der Waals surface area (Å²) in [4.78, 5) is 12.6. The fourth-order valence-electron chi connectivity index (χ4n) is 3.40. The summed E-state index contributed by atoms with van der Waals surface area (Å²) in [5.74, 6) is -0.313. The summed E-state index contributed by atoms with van der Waals surface area (Å²) in [6.07, 6.45) is 1.72. The van der Waals surface area contributed by atoms with Gasteiger partial charge < -0.3 is 5.32 Å². The van der Waals surface area contributed by atoms with Crippen LogP contribution >= 0.6 is 23.2 Å². The fraction of sp³-hybridized carbons (Fsp3) is 0.350. The van der Waals surface area contributed by atoms with E-state index >= 15 is 0 Å². The lowest BCUT2D eigenvalue weighted by Gasteiger charge is -2.31. The first-order valence-electron chi connectivity index (χ1n) is 9.17. The highest BCUT2D eigenvalue weighted by atomic mass is 35.5. The van der Waals surface area contributed by atoms with Gasteiger partial charge in [0, 0.05) is 24.7 Å². The Morgan fingerprint density at radius 1 is 1.07 bits per heavy atom. The SMILES string of the molecule is CCc1ccccc1NC(=O)C1CCN(S(=O)(=O)c2c(Cl)cccc2Cl)CC1. The Morgan fingerprint density at radius 2 is 1.68 bits per heavy atom. The van der Waals surface area contributed by atoms with Crippen molar-refractivity contribution in [2.45, 2.75) is 31.1 Å². The van der Waals surface area contributed by atoms with Crippen molar-refractivity contribution in [1.82, 2.24) is 4.31 Å². The number of aryl methyl sites for hydroxylation is 1. The molecule has 0 aromatic heterocycles. The van der Waals surface area contributed by atoms with Gasteiger partial charge in [0.15, 0.2) is 0 Å². The van der Waals surface area contributed by atoms with E-state index in [2.05, 4.69) is 5.32 Å². The van der Waals surface area contributed by atoms with E-state index in [4.69, 9.17) is 23.2 Å². The molecule has 0 spiro atoms. The number of halogens is 2. The van der Waals surface area contributed by atoms with Crippen LogP contribution in [0.25, 0.3) is 0 Å². The molecule has 1 aliphatic heterocycles. The Balaban J connectivity index is 1.68. The van der Waals surface area contributed by atoms with Crippen molar-refractivity contribution in [3.05, 3.63) is 58.1 Å². The minimum Gasteiger partial charge on any atom is -0.326 e. The van der Waals surface area contributed by atoms with Crippen LogP contribution in [0.3, 0.4) is 0 Å². The van der Waals surface area contributed by atoms with Crippen LogP contribution in [0.2, 0.25) is 10.0 Å². The van der Waals surface area contributed by atoms with Crippen LogP contribution in [0.5, 0.6) is 0 Å². The van der Waals surface area contributed by atoms with E-state index in [-0.39, 0.29) is 39.9 Å². The Bertz CT molecular complexity index is 951. The van der Waals surface area contributed by atoms with Crippen LogP contribution in [0, 0.1) is 5.92 Å². The zero-order chi connectivity index (χ0) is 20.3. The summed E-state index contributed by atoms with van der Waals surface area (Å²) in [5, 5.41) is 3.19. The normalized spacial score (nSPS) is 16.1. The van der Waals surface area contributed by atoms with Gasteiger partial charge in [-0.3, -0.25) is 4.79 Å². The third-order valence-corrected chi connectivity index (χ3v) is 7.85. The van der Waals surface area contributed by atoms with Gasteiger partial charge in [-0.1, -0.05) is 54.4 Å². The minimum atomic E-state index is -3.80. The first-order valence-corrected chi connectivity index (χ1v) is 11.4. The lowest BCUT2D eigenvalue weighted by molar-refractivity contribution is -0.120. The molecule has 2 aromatic carbocycles. The third-order valence-electron chi connectivity index (χ3n) is 5.00. The van der Waals surface area contributed by atoms with E-state index < -0.39 is 10.0 Å². The molecule has 0 saturated carbocycles. The van der Waals surface area contributed by atoms with Crippen molar-refractivity contribution in [2.24, 2.45) is 5.92 Å². The molecule has 3 rings (SSSR count). The highest BCUT2D eigenvalue weighted by Gasteiger charge is 2.34. The number of hydrogen-bond donors (Lipinski definition) is 1. The molecule has 0 unspecified atom stereocenters. The maximum atomic E-state index is 12.9. The average Bonchev–Trinajstić information content (AvgIpc) is 2.68. The zero-order valence-corrected chi connectivity index (χ0v) is 17.8. The smallest absolute Gasteiger partial charge is 0.246 e. The quantitative estimate of drug-likeness (QED) is 0.738. The van der Waals surface area contributed by atoms with Gasteiger partial charge in [-0.25, -0.2) is 8.42 Å². The molecule has 5 nitrogen and oxygen atoms in total. The molecule has 1 heterocycles. The van der Waals surface area contributed by atoms with Crippen molar-refractivity contribution in [2.75, 3.05) is 18.4 Å². The Labute approximate surface area is 175 Å². The molecule has 1 N–H and O–H groups in total. The molecule has 0 atom stereocenters. The molecular weight excluding hydrogens is 419 g/mol. The zero-order valence-electron chi connectivity index (χ0n) is 15.5.